The number of nitrogens with zero attached hydrogens (tertiary/aromatic N) is 2. The molecule has 3 heterocycles. The molecule has 0 saturated carbocycles. The Hall–Kier alpha value is -2.16. The Labute approximate surface area is 93.2 Å². The smallest absolute Gasteiger partial charge is 0.138 e. The first-order valence-corrected chi connectivity index (χ1v) is 5.20. The maximum atomic E-state index is 4.37. The SMILES string of the molecule is Cc1cc2c(-c3ccccn3)ccnc2[nH]1. The number of aromatic amines is 1. The average molecular weight is 209 g/mol. The van der Waals surface area contributed by atoms with Crippen molar-refractivity contribution < 1.29 is 0 Å². The van der Waals surface area contributed by atoms with Gasteiger partial charge in [0.25, 0.3) is 0 Å². The molecule has 0 bridgehead atoms. The topological polar surface area (TPSA) is 41.6 Å². The molecule has 1 N–H and O–H groups in total. The largest absolute Gasteiger partial charge is 0.344 e. The first-order valence-electron chi connectivity index (χ1n) is 5.20. The van der Waals surface area contributed by atoms with Gasteiger partial charge in [0.2, 0.25) is 0 Å². The summed E-state index contributed by atoms with van der Waals surface area (Å²) in [5.41, 5.74) is 4.13. The van der Waals surface area contributed by atoms with Gasteiger partial charge in [-0.3, -0.25) is 4.98 Å². The van der Waals surface area contributed by atoms with Gasteiger partial charge in [-0.1, -0.05) is 6.07 Å². The summed E-state index contributed by atoms with van der Waals surface area (Å²) in [6.45, 7) is 2.03. The van der Waals surface area contributed by atoms with Gasteiger partial charge in [0.05, 0.1) is 5.69 Å². The third-order valence-electron chi connectivity index (χ3n) is 2.61. The lowest BCUT2D eigenvalue weighted by Gasteiger charge is -2.00. The van der Waals surface area contributed by atoms with Crippen LogP contribution in [-0.2, 0) is 0 Å². The van der Waals surface area contributed by atoms with Crippen LogP contribution < -0.4 is 0 Å². The number of hydrogen-bond donors (Lipinski definition) is 1. The number of aryl methyl sites for hydroxylation is 1. The summed E-state index contributed by atoms with van der Waals surface area (Å²) in [6.07, 6.45) is 3.61. The Balaban J connectivity index is 2.31. The monoisotopic (exact) mass is 209 g/mol. The van der Waals surface area contributed by atoms with Crippen molar-refractivity contribution in [3.63, 3.8) is 0 Å². The molecule has 3 heteroatoms. The van der Waals surface area contributed by atoms with E-state index in [-0.39, 0.29) is 0 Å². The van der Waals surface area contributed by atoms with Gasteiger partial charge >= 0.3 is 0 Å². The van der Waals surface area contributed by atoms with E-state index in [2.05, 4.69) is 21.0 Å². The zero-order valence-corrected chi connectivity index (χ0v) is 8.94. The van der Waals surface area contributed by atoms with Gasteiger partial charge in [-0.05, 0) is 31.2 Å². The highest BCUT2D eigenvalue weighted by Crippen LogP contribution is 2.25. The second kappa shape index (κ2) is 3.45. The molecule has 3 rings (SSSR count). The van der Waals surface area contributed by atoms with Gasteiger partial charge < -0.3 is 4.98 Å². The van der Waals surface area contributed by atoms with E-state index in [4.69, 9.17) is 0 Å². The zero-order valence-electron chi connectivity index (χ0n) is 8.94. The third kappa shape index (κ3) is 1.37. The van der Waals surface area contributed by atoms with Crippen LogP contribution in [0.15, 0.2) is 42.7 Å². The van der Waals surface area contributed by atoms with Gasteiger partial charge in [-0.25, -0.2) is 4.98 Å². The lowest BCUT2D eigenvalue weighted by atomic mass is 10.1. The predicted molar refractivity (Wildman–Crippen MR) is 64.1 cm³/mol. The molecule has 0 radical (unpaired) electrons. The quantitative estimate of drug-likeness (QED) is 0.669. The molecule has 0 saturated heterocycles. The van der Waals surface area contributed by atoms with Crippen LogP contribution in [-0.4, -0.2) is 15.0 Å². The lowest BCUT2D eigenvalue weighted by Crippen LogP contribution is -1.84. The van der Waals surface area contributed by atoms with E-state index in [0.717, 1.165) is 28.0 Å². The summed E-state index contributed by atoms with van der Waals surface area (Å²) in [6, 6.07) is 10.0. The number of nitrogens with one attached hydrogen (secondary N) is 1. The molecular weight excluding hydrogens is 198 g/mol. The van der Waals surface area contributed by atoms with Gasteiger partial charge in [0.1, 0.15) is 5.65 Å². The van der Waals surface area contributed by atoms with Crippen LogP contribution in [0.1, 0.15) is 5.69 Å². The molecule has 0 aliphatic carbocycles. The first-order chi connectivity index (χ1) is 7.84. The Bertz CT molecular complexity index is 626. The second-order valence-corrected chi connectivity index (χ2v) is 3.79. The van der Waals surface area contributed by atoms with Crippen molar-refractivity contribution in [2.24, 2.45) is 0 Å². The number of rotatable bonds is 1. The van der Waals surface area contributed by atoms with Crippen molar-refractivity contribution in [2.45, 2.75) is 6.92 Å². The Morgan fingerprint density at radius 1 is 1.06 bits per heavy atom. The fourth-order valence-electron chi connectivity index (χ4n) is 1.90. The summed E-state index contributed by atoms with van der Waals surface area (Å²) in [5, 5.41) is 1.12. The molecule has 0 aliphatic heterocycles. The first kappa shape index (κ1) is 9.09. The van der Waals surface area contributed by atoms with E-state index in [1.807, 2.05) is 37.4 Å². The number of H-pyrrole nitrogens is 1. The molecule has 0 aliphatic rings. The molecular formula is C13H11N3. The predicted octanol–water partition coefficient (Wildman–Crippen LogP) is 2.93. The van der Waals surface area contributed by atoms with Crippen molar-refractivity contribution in [1.82, 2.24) is 15.0 Å². The molecule has 0 unspecified atom stereocenters. The number of pyridine rings is 2. The maximum Gasteiger partial charge on any atom is 0.138 e. The highest BCUT2D eigenvalue weighted by molar-refractivity contribution is 5.92. The summed E-state index contributed by atoms with van der Waals surface area (Å²) in [5.74, 6) is 0. The van der Waals surface area contributed by atoms with Crippen molar-refractivity contribution >= 4 is 11.0 Å². The third-order valence-corrected chi connectivity index (χ3v) is 2.61. The summed E-state index contributed by atoms with van der Waals surface area (Å²) in [4.78, 5) is 11.9. The van der Waals surface area contributed by atoms with Gasteiger partial charge in [0, 0.05) is 29.0 Å². The lowest BCUT2D eigenvalue weighted by molar-refractivity contribution is 1.25. The van der Waals surface area contributed by atoms with Crippen molar-refractivity contribution in [1.29, 1.82) is 0 Å². The minimum atomic E-state index is 0.917. The average Bonchev–Trinajstić information content (AvgIpc) is 2.70. The highest BCUT2D eigenvalue weighted by Gasteiger charge is 2.06. The summed E-state index contributed by atoms with van der Waals surface area (Å²) >= 11 is 0. The zero-order chi connectivity index (χ0) is 11.0. The van der Waals surface area contributed by atoms with E-state index >= 15 is 0 Å². The van der Waals surface area contributed by atoms with E-state index in [9.17, 15) is 0 Å². The van der Waals surface area contributed by atoms with Crippen LogP contribution in [0.5, 0.6) is 0 Å². The molecule has 3 aromatic heterocycles. The van der Waals surface area contributed by atoms with E-state index in [1.165, 1.54) is 0 Å². The minimum absolute atomic E-state index is 0.917. The molecule has 0 fully saturated rings. The molecule has 0 atom stereocenters. The van der Waals surface area contributed by atoms with Crippen molar-refractivity contribution in [3.05, 3.63) is 48.4 Å². The molecule has 0 aromatic carbocycles. The molecule has 0 amide bonds. The summed E-state index contributed by atoms with van der Waals surface area (Å²) < 4.78 is 0. The fourth-order valence-corrected chi connectivity index (χ4v) is 1.90. The molecule has 0 spiro atoms. The number of aromatic nitrogens is 3. The number of fused-ring (bicyclic) bond motifs is 1. The Morgan fingerprint density at radius 2 is 2.00 bits per heavy atom. The normalized spacial score (nSPS) is 10.8. The van der Waals surface area contributed by atoms with Gasteiger partial charge in [-0.15, -0.1) is 0 Å². The summed E-state index contributed by atoms with van der Waals surface area (Å²) in [7, 11) is 0. The number of hydrogen-bond acceptors (Lipinski definition) is 2. The van der Waals surface area contributed by atoms with Crippen LogP contribution in [0.25, 0.3) is 22.3 Å². The van der Waals surface area contributed by atoms with Crippen LogP contribution in [0, 0.1) is 6.92 Å². The second-order valence-electron chi connectivity index (χ2n) is 3.79. The molecule has 78 valence electrons. The van der Waals surface area contributed by atoms with Crippen molar-refractivity contribution in [2.75, 3.05) is 0 Å². The van der Waals surface area contributed by atoms with Crippen molar-refractivity contribution in [3.8, 4) is 11.3 Å². The van der Waals surface area contributed by atoms with Crippen LogP contribution in [0.4, 0.5) is 0 Å². The van der Waals surface area contributed by atoms with Gasteiger partial charge in [0.15, 0.2) is 0 Å². The molecule has 3 aromatic rings. The van der Waals surface area contributed by atoms with Gasteiger partial charge in [-0.2, -0.15) is 0 Å². The van der Waals surface area contributed by atoms with Crippen LogP contribution >= 0.6 is 0 Å². The fraction of sp³-hybridized carbons (Fsp3) is 0.0769. The Kier molecular flexibility index (Phi) is 1.96. The standard InChI is InChI=1S/C13H11N3/c1-9-8-11-10(5-7-15-13(11)16-9)12-4-2-3-6-14-12/h2-8H,1H3,(H,15,16). The maximum absolute atomic E-state index is 4.37. The van der Waals surface area contributed by atoms with Crippen LogP contribution in [0.3, 0.4) is 0 Å². The van der Waals surface area contributed by atoms with E-state index < -0.39 is 0 Å². The highest BCUT2D eigenvalue weighted by atomic mass is 14.8. The minimum Gasteiger partial charge on any atom is -0.344 e. The Morgan fingerprint density at radius 3 is 2.81 bits per heavy atom. The van der Waals surface area contributed by atoms with Crippen LogP contribution in [0.2, 0.25) is 0 Å². The molecule has 3 nitrogen and oxygen atoms in total. The van der Waals surface area contributed by atoms with E-state index in [0.29, 0.717) is 0 Å². The molecule has 16 heavy (non-hydrogen) atoms. The van der Waals surface area contributed by atoms with E-state index in [1.54, 1.807) is 6.20 Å².